The summed E-state index contributed by atoms with van der Waals surface area (Å²) in [6.45, 7) is 5.62. The number of aromatic nitrogens is 1. The molecule has 0 spiro atoms. The summed E-state index contributed by atoms with van der Waals surface area (Å²) in [5.41, 5.74) is 5.94. The Morgan fingerprint density at radius 2 is 1.80 bits per heavy atom. The second-order valence-electron chi connectivity index (χ2n) is 8.62. The van der Waals surface area contributed by atoms with E-state index in [1.54, 1.807) is 25.7 Å². The number of amides is 4. The second kappa shape index (κ2) is 10.5. The number of nitrogens with two attached hydrogens (primary N) is 1. The minimum atomic E-state index is -0.963. The van der Waals surface area contributed by atoms with Crippen molar-refractivity contribution in [2.45, 2.75) is 32.9 Å². The van der Waals surface area contributed by atoms with Gasteiger partial charge < -0.3 is 25.6 Å². The molecule has 2 atom stereocenters. The molecule has 0 saturated carbocycles. The lowest BCUT2D eigenvalue weighted by Gasteiger charge is -2.45. The third kappa shape index (κ3) is 5.56. The Hall–Kier alpha value is -4.02. The minimum Gasteiger partial charge on any atom is -0.480 e. The van der Waals surface area contributed by atoms with E-state index in [0.717, 1.165) is 0 Å². The molecule has 0 radical (unpaired) electrons. The van der Waals surface area contributed by atoms with Gasteiger partial charge in [-0.25, -0.2) is 9.37 Å². The molecule has 1 fully saturated rings. The van der Waals surface area contributed by atoms with E-state index in [2.05, 4.69) is 10.3 Å². The Kier molecular flexibility index (Phi) is 7.68. The highest BCUT2D eigenvalue weighted by Crippen LogP contribution is 2.30. The van der Waals surface area contributed by atoms with Crippen molar-refractivity contribution in [1.82, 2.24) is 14.8 Å². The predicted octanol–water partition coefficient (Wildman–Crippen LogP) is 1.72. The molecule has 1 aliphatic heterocycles. The lowest BCUT2D eigenvalue weighted by Crippen LogP contribution is -2.59. The number of primary amides is 1. The second-order valence-corrected chi connectivity index (χ2v) is 8.62. The van der Waals surface area contributed by atoms with Crippen molar-refractivity contribution in [2.75, 3.05) is 25.5 Å². The Balaban J connectivity index is 1.88. The zero-order chi connectivity index (χ0) is 25.9. The van der Waals surface area contributed by atoms with Gasteiger partial charge in [-0.05, 0) is 30.7 Å². The summed E-state index contributed by atoms with van der Waals surface area (Å²) in [6, 6.07) is 5.83. The lowest BCUT2D eigenvalue weighted by molar-refractivity contribution is -0.152. The summed E-state index contributed by atoms with van der Waals surface area (Å²) < 4.78 is 18.5. The summed E-state index contributed by atoms with van der Waals surface area (Å²) >= 11 is 0. The van der Waals surface area contributed by atoms with Gasteiger partial charge in [-0.15, -0.1) is 0 Å². The minimum absolute atomic E-state index is 0.0158. The van der Waals surface area contributed by atoms with Crippen molar-refractivity contribution in [3.63, 3.8) is 0 Å². The van der Waals surface area contributed by atoms with Crippen molar-refractivity contribution >= 4 is 29.3 Å². The number of hydrogen-bond donors (Lipinski definition) is 2. The summed E-state index contributed by atoms with van der Waals surface area (Å²) in [5.74, 6) is -3.41. The van der Waals surface area contributed by atoms with Gasteiger partial charge in [0.15, 0.2) is 0 Å². The van der Waals surface area contributed by atoms with Crippen LogP contribution in [0.4, 0.5) is 10.1 Å². The summed E-state index contributed by atoms with van der Waals surface area (Å²) in [6.07, 6.45) is 1.23. The average molecular weight is 486 g/mol. The molecule has 0 bridgehead atoms. The molecule has 0 unspecified atom stereocenters. The van der Waals surface area contributed by atoms with Crippen LogP contribution in [0.3, 0.4) is 0 Å². The molecule has 0 aliphatic carbocycles. The van der Waals surface area contributed by atoms with E-state index in [1.807, 2.05) is 0 Å². The topological polar surface area (TPSA) is 135 Å². The van der Waals surface area contributed by atoms with Crippen LogP contribution in [0.25, 0.3) is 0 Å². The molecule has 1 saturated heterocycles. The molecular weight excluding hydrogens is 457 g/mol. The number of anilines is 1. The molecule has 11 heteroatoms. The molecule has 35 heavy (non-hydrogen) atoms. The van der Waals surface area contributed by atoms with Crippen LogP contribution in [-0.4, -0.2) is 64.7 Å². The van der Waals surface area contributed by atoms with Gasteiger partial charge in [-0.3, -0.25) is 19.2 Å². The maximum absolute atomic E-state index is 13.5. The number of nitrogens with one attached hydrogen (secondary N) is 1. The molecule has 2 heterocycles. The first-order chi connectivity index (χ1) is 16.5. The maximum atomic E-state index is 13.5. The first-order valence-electron chi connectivity index (χ1n) is 11.0. The number of halogens is 1. The molecule has 4 amide bonds. The fourth-order valence-corrected chi connectivity index (χ4v) is 3.98. The zero-order valence-corrected chi connectivity index (χ0v) is 19.9. The number of benzene rings is 1. The van der Waals surface area contributed by atoms with E-state index in [0.29, 0.717) is 5.56 Å². The third-order valence-corrected chi connectivity index (χ3v) is 5.79. The Labute approximate surface area is 202 Å². The quantitative estimate of drug-likeness (QED) is 0.620. The van der Waals surface area contributed by atoms with Gasteiger partial charge in [0.2, 0.25) is 11.8 Å². The fourth-order valence-electron chi connectivity index (χ4n) is 3.98. The van der Waals surface area contributed by atoms with Gasteiger partial charge in [-0.2, -0.15) is 0 Å². The number of pyridine rings is 1. The number of ether oxygens (including phenoxy) is 1. The standard InChI is InChI=1S/C24H28FN5O5/c1-13(2)23(33)29-12-19(15-5-7-16(25)8-6-15)30(11-14(29)3)24(34)21(32)28-17-9-18(20(26)31)22(35-4)27-10-17/h5-10,13-14,19H,11-12H2,1-4H3,(H2,26,31)(H,28,32)/t14-,19-/m1/s1. The van der Waals surface area contributed by atoms with Gasteiger partial charge in [-0.1, -0.05) is 26.0 Å². The summed E-state index contributed by atoms with van der Waals surface area (Å²) in [4.78, 5) is 57.5. The van der Waals surface area contributed by atoms with Gasteiger partial charge in [0, 0.05) is 25.0 Å². The normalized spacial score (nSPS) is 17.8. The summed E-state index contributed by atoms with van der Waals surface area (Å²) in [5, 5.41) is 2.44. The van der Waals surface area contributed by atoms with Crippen LogP contribution in [0.2, 0.25) is 0 Å². The van der Waals surface area contributed by atoms with Gasteiger partial charge in [0.1, 0.15) is 11.4 Å². The van der Waals surface area contributed by atoms with Crippen molar-refractivity contribution in [3.05, 3.63) is 53.5 Å². The molecule has 10 nitrogen and oxygen atoms in total. The van der Waals surface area contributed by atoms with Crippen LogP contribution in [0.1, 0.15) is 42.7 Å². The molecule has 3 N–H and O–H groups in total. The molecule has 3 rings (SSSR count). The molecule has 1 aromatic heterocycles. The molecule has 186 valence electrons. The highest BCUT2D eigenvalue weighted by Gasteiger charge is 2.40. The van der Waals surface area contributed by atoms with Crippen molar-refractivity contribution in [2.24, 2.45) is 11.7 Å². The van der Waals surface area contributed by atoms with E-state index < -0.39 is 29.6 Å². The zero-order valence-electron chi connectivity index (χ0n) is 19.9. The van der Waals surface area contributed by atoms with Crippen LogP contribution >= 0.6 is 0 Å². The van der Waals surface area contributed by atoms with Crippen molar-refractivity contribution in [3.8, 4) is 5.88 Å². The highest BCUT2D eigenvalue weighted by molar-refractivity contribution is 6.39. The summed E-state index contributed by atoms with van der Waals surface area (Å²) in [7, 11) is 1.32. The number of rotatable bonds is 5. The van der Waals surface area contributed by atoms with Gasteiger partial charge in [0.25, 0.3) is 5.91 Å². The Morgan fingerprint density at radius 1 is 1.14 bits per heavy atom. The molecule has 2 aromatic rings. The van der Waals surface area contributed by atoms with E-state index in [1.165, 1.54) is 48.5 Å². The van der Waals surface area contributed by atoms with Crippen molar-refractivity contribution < 1.29 is 28.3 Å². The third-order valence-electron chi connectivity index (χ3n) is 5.79. The van der Waals surface area contributed by atoms with E-state index in [9.17, 15) is 23.6 Å². The predicted molar refractivity (Wildman–Crippen MR) is 125 cm³/mol. The Bertz CT molecular complexity index is 1140. The molecule has 1 aromatic carbocycles. The highest BCUT2D eigenvalue weighted by atomic mass is 19.1. The fraction of sp³-hybridized carbons (Fsp3) is 0.375. The van der Waals surface area contributed by atoms with E-state index >= 15 is 0 Å². The maximum Gasteiger partial charge on any atom is 0.313 e. The first kappa shape index (κ1) is 25.6. The Morgan fingerprint density at radius 3 is 2.37 bits per heavy atom. The van der Waals surface area contributed by atoms with E-state index in [-0.39, 0.29) is 48.1 Å². The smallest absolute Gasteiger partial charge is 0.313 e. The number of carbonyl (C=O) groups is 4. The van der Waals surface area contributed by atoms with Crippen LogP contribution in [0.5, 0.6) is 5.88 Å². The number of hydrogen-bond acceptors (Lipinski definition) is 6. The number of carbonyl (C=O) groups excluding carboxylic acids is 4. The molecule has 1 aliphatic rings. The largest absolute Gasteiger partial charge is 0.480 e. The van der Waals surface area contributed by atoms with Crippen molar-refractivity contribution in [1.29, 1.82) is 0 Å². The van der Waals surface area contributed by atoms with Crippen LogP contribution in [0.15, 0.2) is 36.5 Å². The number of nitrogens with zero attached hydrogens (tertiary/aromatic N) is 3. The van der Waals surface area contributed by atoms with Crippen LogP contribution in [-0.2, 0) is 14.4 Å². The SMILES string of the molecule is COc1ncc(NC(=O)C(=O)N2C[C@@H](C)N(C(=O)C(C)C)C[C@@H]2c2ccc(F)cc2)cc1C(N)=O. The number of methoxy groups -OCH3 is 1. The van der Waals surface area contributed by atoms with E-state index in [4.69, 9.17) is 10.5 Å². The van der Waals surface area contributed by atoms with Crippen LogP contribution in [0, 0.1) is 11.7 Å². The monoisotopic (exact) mass is 485 g/mol. The van der Waals surface area contributed by atoms with Gasteiger partial charge in [0.05, 0.1) is 25.0 Å². The lowest BCUT2D eigenvalue weighted by atomic mass is 9.98. The average Bonchev–Trinajstić information content (AvgIpc) is 2.83. The molecular formula is C24H28FN5O5. The first-order valence-corrected chi connectivity index (χ1v) is 11.0. The number of piperazine rings is 1. The van der Waals surface area contributed by atoms with Gasteiger partial charge >= 0.3 is 11.8 Å². The van der Waals surface area contributed by atoms with Crippen LogP contribution < -0.4 is 15.8 Å².